The van der Waals surface area contributed by atoms with Crippen LogP contribution in [0.25, 0.3) is 0 Å². The van der Waals surface area contributed by atoms with Crippen molar-refractivity contribution in [3.63, 3.8) is 0 Å². The van der Waals surface area contributed by atoms with E-state index >= 15 is 0 Å². The molecule has 0 unspecified atom stereocenters. The number of nitrogens with one attached hydrogen (secondary N) is 1. The number of rotatable bonds is 7. The first kappa shape index (κ1) is 27.0. The highest BCUT2D eigenvalue weighted by molar-refractivity contribution is 6.71. The molecule has 0 saturated carbocycles. The maximum absolute atomic E-state index is 13.7. The van der Waals surface area contributed by atoms with Gasteiger partial charge in [0.15, 0.2) is 13.9 Å². The van der Waals surface area contributed by atoms with Crippen LogP contribution in [0, 0.1) is 5.92 Å². The number of anilines is 2. The molecule has 11 heteroatoms. The summed E-state index contributed by atoms with van der Waals surface area (Å²) < 4.78 is 8.47. The van der Waals surface area contributed by atoms with Gasteiger partial charge in [0.25, 0.3) is 5.91 Å². The maximum atomic E-state index is 13.7. The number of hydrogen-bond donors (Lipinski definition) is 3. The maximum Gasteiger partial charge on any atom is 0.261 e. The molecule has 0 bridgehead atoms. The second-order valence-corrected chi connectivity index (χ2v) is 15.5. The van der Waals surface area contributed by atoms with E-state index in [-0.39, 0.29) is 36.0 Å². The summed E-state index contributed by atoms with van der Waals surface area (Å²) in [5.41, 5.74) is 1.54. The fourth-order valence-electron chi connectivity index (χ4n) is 6.69. The monoisotopic (exact) mass is 541 g/mol. The summed E-state index contributed by atoms with van der Waals surface area (Å²) in [4.78, 5) is 39.8. The van der Waals surface area contributed by atoms with Crippen molar-refractivity contribution in [3.8, 4) is 0 Å². The molecule has 10 nitrogen and oxygen atoms in total. The second kappa shape index (κ2) is 10.5. The van der Waals surface area contributed by atoms with E-state index in [2.05, 4.69) is 15.6 Å². The van der Waals surface area contributed by atoms with Crippen LogP contribution >= 0.6 is 0 Å². The molecule has 1 aromatic heterocycles. The Balaban J connectivity index is 1.46. The lowest BCUT2D eigenvalue weighted by molar-refractivity contribution is -0.143. The van der Waals surface area contributed by atoms with Crippen LogP contribution in [-0.4, -0.2) is 64.3 Å². The van der Waals surface area contributed by atoms with Gasteiger partial charge in [-0.2, -0.15) is 0 Å². The van der Waals surface area contributed by atoms with Gasteiger partial charge in [-0.25, -0.2) is 0 Å². The minimum atomic E-state index is -2.76. The summed E-state index contributed by atoms with van der Waals surface area (Å²) in [6.07, 6.45) is 7.02. The third-order valence-corrected chi connectivity index (χ3v) is 11.0. The molecule has 3 aliphatic heterocycles. The summed E-state index contributed by atoms with van der Waals surface area (Å²) in [6.45, 7) is 7.01. The average Bonchev–Trinajstić information content (AvgIpc) is 3.50. The topological polar surface area (TPSA) is 130 Å². The van der Waals surface area contributed by atoms with E-state index in [1.165, 1.54) is 0 Å². The largest absolute Gasteiger partial charge is 0.432 e. The van der Waals surface area contributed by atoms with Crippen molar-refractivity contribution < 1.29 is 24.2 Å². The van der Waals surface area contributed by atoms with Crippen LogP contribution in [0.1, 0.15) is 56.7 Å². The molecule has 3 aliphatic rings. The van der Waals surface area contributed by atoms with E-state index in [0.29, 0.717) is 43.7 Å². The summed E-state index contributed by atoms with van der Waals surface area (Å²) in [5, 5.41) is 20.4. The molecular formula is C27H39N5O5Si. The molecule has 5 rings (SSSR count). The van der Waals surface area contributed by atoms with Crippen molar-refractivity contribution in [2.45, 2.75) is 88.8 Å². The average molecular weight is 542 g/mol. The highest BCUT2D eigenvalue weighted by Crippen LogP contribution is 2.58. The van der Waals surface area contributed by atoms with Crippen LogP contribution in [0.4, 0.5) is 11.4 Å². The van der Waals surface area contributed by atoms with Gasteiger partial charge >= 0.3 is 0 Å². The molecule has 4 heterocycles. The van der Waals surface area contributed by atoms with E-state index in [1.807, 2.05) is 49.3 Å². The summed E-state index contributed by atoms with van der Waals surface area (Å²) in [7, 11) is -2.76. The molecule has 0 radical (unpaired) electrons. The van der Waals surface area contributed by atoms with Crippen molar-refractivity contribution in [2.75, 3.05) is 23.4 Å². The Bertz CT molecular complexity index is 1200. The number of benzene rings is 1. The van der Waals surface area contributed by atoms with E-state index in [9.17, 15) is 19.5 Å². The Hall–Kier alpha value is -2.60. The molecule has 1 aromatic carbocycles. The summed E-state index contributed by atoms with van der Waals surface area (Å²) >= 11 is 0. The number of aromatic nitrogens is 3. The fraction of sp³-hybridized carbons (Fsp3) is 0.630. The lowest BCUT2D eigenvalue weighted by Crippen LogP contribution is -2.43. The van der Waals surface area contributed by atoms with Gasteiger partial charge in [-0.15, -0.1) is 5.10 Å². The molecule has 1 spiro atoms. The van der Waals surface area contributed by atoms with Gasteiger partial charge in [0.1, 0.15) is 0 Å². The van der Waals surface area contributed by atoms with Crippen molar-refractivity contribution in [2.24, 2.45) is 5.92 Å². The first-order valence-electron chi connectivity index (χ1n) is 13.8. The van der Waals surface area contributed by atoms with E-state index < -0.39 is 13.9 Å². The van der Waals surface area contributed by atoms with E-state index in [1.54, 1.807) is 4.68 Å². The Morgan fingerprint density at radius 3 is 2.76 bits per heavy atom. The molecule has 2 fully saturated rings. The van der Waals surface area contributed by atoms with Crippen molar-refractivity contribution in [3.05, 3.63) is 35.7 Å². The number of aryl methyl sites for hydroxylation is 1. The third-order valence-electron chi connectivity index (χ3n) is 8.45. The number of amides is 2. The number of aliphatic hydroxyl groups is 1. The zero-order valence-electron chi connectivity index (χ0n) is 22.5. The molecular weight excluding hydrogens is 502 g/mol. The van der Waals surface area contributed by atoms with Gasteiger partial charge in [-0.05, 0) is 50.6 Å². The van der Waals surface area contributed by atoms with Crippen LogP contribution in [0.15, 0.2) is 24.4 Å². The highest BCUT2D eigenvalue weighted by Gasteiger charge is 2.64. The SMILES string of the molecule is C[C@H]1[C@H]([Si](C)(C)O)[C@@H](CCn2cc(CCO)nn2)O[C@]12C(=O)Nc1ccc(N3CCCCCCC3=O)cc12. The zero-order valence-corrected chi connectivity index (χ0v) is 23.5. The zero-order chi connectivity index (χ0) is 27.1. The van der Waals surface area contributed by atoms with Crippen molar-refractivity contribution in [1.29, 1.82) is 0 Å². The van der Waals surface area contributed by atoms with Crippen LogP contribution in [0.2, 0.25) is 18.6 Å². The van der Waals surface area contributed by atoms with Crippen LogP contribution in [0.3, 0.4) is 0 Å². The van der Waals surface area contributed by atoms with E-state index in [4.69, 9.17) is 4.74 Å². The number of fused-ring (bicyclic) bond motifs is 2. The number of nitrogens with zero attached hydrogens (tertiary/aromatic N) is 4. The summed E-state index contributed by atoms with van der Waals surface area (Å²) in [5.74, 6) is -0.364. The van der Waals surface area contributed by atoms with Gasteiger partial charge < -0.3 is 24.9 Å². The molecule has 4 atom stereocenters. The molecule has 0 aliphatic carbocycles. The molecule has 2 amide bonds. The number of hydrogen-bond acceptors (Lipinski definition) is 7. The fourth-order valence-corrected chi connectivity index (χ4v) is 9.29. The minimum Gasteiger partial charge on any atom is -0.432 e. The smallest absolute Gasteiger partial charge is 0.261 e. The van der Waals surface area contributed by atoms with Crippen molar-refractivity contribution >= 4 is 31.5 Å². The molecule has 38 heavy (non-hydrogen) atoms. The lowest BCUT2D eigenvalue weighted by atomic mass is 9.82. The van der Waals surface area contributed by atoms with Gasteiger partial charge in [0, 0.05) is 67.1 Å². The highest BCUT2D eigenvalue weighted by atomic mass is 28.4. The molecule has 2 saturated heterocycles. The summed E-state index contributed by atoms with van der Waals surface area (Å²) in [6, 6.07) is 5.74. The Kier molecular flexibility index (Phi) is 7.47. The van der Waals surface area contributed by atoms with Gasteiger partial charge in [-0.1, -0.05) is 25.0 Å². The predicted octanol–water partition coefficient (Wildman–Crippen LogP) is 2.95. The van der Waals surface area contributed by atoms with Gasteiger partial charge in [-0.3, -0.25) is 14.3 Å². The first-order chi connectivity index (χ1) is 18.1. The van der Waals surface area contributed by atoms with Crippen LogP contribution < -0.4 is 10.2 Å². The molecule has 206 valence electrons. The Labute approximate surface area is 224 Å². The number of carbonyl (C=O) groups excluding carboxylic acids is 2. The lowest BCUT2D eigenvalue weighted by Gasteiger charge is -2.32. The van der Waals surface area contributed by atoms with E-state index in [0.717, 1.165) is 36.9 Å². The third kappa shape index (κ3) is 4.81. The predicted molar refractivity (Wildman–Crippen MR) is 145 cm³/mol. The quantitative estimate of drug-likeness (QED) is 0.460. The van der Waals surface area contributed by atoms with Gasteiger partial charge in [0.05, 0.1) is 11.8 Å². The normalized spacial score (nSPS) is 27.9. The van der Waals surface area contributed by atoms with Crippen LogP contribution in [-0.2, 0) is 32.9 Å². The number of carbonyl (C=O) groups is 2. The second-order valence-electron chi connectivity index (χ2n) is 11.5. The molecule has 3 N–H and O–H groups in total. The first-order valence-corrected chi connectivity index (χ1v) is 16.8. The Morgan fingerprint density at radius 2 is 2.00 bits per heavy atom. The minimum absolute atomic E-state index is 0.0103. The Morgan fingerprint density at radius 1 is 1.21 bits per heavy atom. The van der Waals surface area contributed by atoms with Crippen molar-refractivity contribution in [1.82, 2.24) is 15.0 Å². The van der Waals surface area contributed by atoms with Crippen LogP contribution in [0.5, 0.6) is 0 Å². The van der Waals surface area contributed by atoms with Gasteiger partial charge in [0.2, 0.25) is 5.91 Å². The number of ether oxygens (including phenoxy) is 1. The standard InChI is InChI=1S/C27H39N5O5Si/c1-18-25(38(2,3)36)23(11-14-31-17-19(12-15-33)29-30-31)37-27(18)21-16-20(9-10-22(21)28-26(27)35)32-13-7-5-4-6-8-24(32)34/h9-10,16-18,23,25,33,36H,4-8,11-15H2,1-3H3,(H,28,35)/t18-,23+,25-,27+/m0/s1. The molecule has 2 aromatic rings. The number of aliphatic hydroxyl groups excluding tert-OH is 1.